The van der Waals surface area contributed by atoms with Crippen molar-refractivity contribution in [2.45, 2.75) is 12.8 Å². The molecule has 86 valence electrons. The molecule has 2 rings (SSSR count). The minimum absolute atomic E-state index is 0.434. The van der Waals surface area contributed by atoms with Gasteiger partial charge in [-0.1, -0.05) is 12.2 Å². The van der Waals surface area contributed by atoms with E-state index in [0.29, 0.717) is 4.99 Å². The predicted octanol–water partition coefficient (Wildman–Crippen LogP) is 2.93. The van der Waals surface area contributed by atoms with Crippen molar-refractivity contribution in [1.29, 1.82) is 0 Å². The highest BCUT2D eigenvalue weighted by molar-refractivity contribution is 9.10. The topological polar surface area (TPSA) is 29.3 Å². The monoisotopic (exact) mass is 298 g/mol. The first-order chi connectivity index (χ1) is 7.58. The van der Waals surface area contributed by atoms with Crippen LogP contribution in [0.15, 0.2) is 22.7 Å². The van der Waals surface area contributed by atoms with E-state index in [0.717, 1.165) is 22.5 Å². The molecule has 0 bridgehead atoms. The van der Waals surface area contributed by atoms with E-state index in [2.05, 4.69) is 40.0 Å². The number of thiocarbonyl (C=S) groups is 1. The molecule has 0 amide bonds. The van der Waals surface area contributed by atoms with Gasteiger partial charge in [0, 0.05) is 29.3 Å². The summed E-state index contributed by atoms with van der Waals surface area (Å²) in [5.41, 5.74) is 7.73. The molecule has 0 spiro atoms. The van der Waals surface area contributed by atoms with Crippen LogP contribution in [0, 0.1) is 5.92 Å². The Hall–Kier alpha value is -0.610. The highest BCUT2D eigenvalue weighted by Crippen LogP contribution is 2.31. The van der Waals surface area contributed by atoms with Gasteiger partial charge in [-0.25, -0.2) is 0 Å². The van der Waals surface area contributed by atoms with Crippen LogP contribution >= 0.6 is 28.1 Å². The van der Waals surface area contributed by atoms with Crippen molar-refractivity contribution in [3.05, 3.63) is 28.2 Å². The van der Waals surface area contributed by atoms with Crippen molar-refractivity contribution < 1.29 is 0 Å². The first-order valence-corrected chi connectivity index (χ1v) is 6.58. The summed E-state index contributed by atoms with van der Waals surface area (Å²) in [7, 11) is 2.13. The van der Waals surface area contributed by atoms with Gasteiger partial charge < -0.3 is 10.6 Å². The van der Waals surface area contributed by atoms with Crippen molar-refractivity contribution in [2.24, 2.45) is 11.7 Å². The lowest BCUT2D eigenvalue weighted by Gasteiger charge is -2.20. The summed E-state index contributed by atoms with van der Waals surface area (Å²) in [6.45, 7) is 1.14. The number of rotatable bonds is 4. The molecule has 0 atom stereocenters. The molecular weight excluding hydrogens is 284 g/mol. The van der Waals surface area contributed by atoms with Gasteiger partial charge in [0.25, 0.3) is 0 Å². The molecule has 0 aromatic heterocycles. The van der Waals surface area contributed by atoms with Crippen LogP contribution in [-0.4, -0.2) is 18.6 Å². The molecule has 1 aliphatic carbocycles. The fourth-order valence-electron chi connectivity index (χ4n) is 1.73. The van der Waals surface area contributed by atoms with Crippen LogP contribution in [0.2, 0.25) is 0 Å². The SMILES string of the molecule is CN(CC1CC1)c1ccc(C(N)=S)c(Br)c1. The maximum Gasteiger partial charge on any atom is 0.105 e. The average Bonchev–Trinajstić information content (AvgIpc) is 3.00. The number of halogens is 1. The lowest BCUT2D eigenvalue weighted by atomic mass is 10.2. The number of nitrogens with two attached hydrogens (primary N) is 1. The van der Waals surface area contributed by atoms with E-state index in [9.17, 15) is 0 Å². The first-order valence-electron chi connectivity index (χ1n) is 5.38. The molecule has 2 nitrogen and oxygen atoms in total. The number of benzene rings is 1. The van der Waals surface area contributed by atoms with E-state index in [-0.39, 0.29) is 0 Å². The predicted molar refractivity (Wildman–Crippen MR) is 76.0 cm³/mol. The van der Waals surface area contributed by atoms with Gasteiger partial charge in [0.1, 0.15) is 4.99 Å². The first kappa shape index (κ1) is 11.9. The van der Waals surface area contributed by atoms with Crippen LogP contribution in [0.5, 0.6) is 0 Å². The Morgan fingerprint density at radius 1 is 1.56 bits per heavy atom. The molecule has 1 aromatic carbocycles. The van der Waals surface area contributed by atoms with E-state index in [1.54, 1.807) is 0 Å². The summed E-state index contributed by atoms with van der Waals surface area (Å²) in [4.78, 5) is 2.72. The molecule has 0 heterocycles. The highest BCUT2D eigenvalue weighted by atomic mass is 79.9. The molecule has 4 heteroatoms. The molecule has 1 aliphatic rings. The van der Waals surface area contributed by atoms with Crippen molar-refractivity contribution in [3.8, 4) is 0 Å². The fraction of sp³-hybridized carbons (Fsp3) is 0.417. The summed E-state index contributed by atoms with van der Waals surface area (Å²) in [5, 5.41) is 0. The zero-order valence-corrected chi connectivity index (χ0v) is 11.6. The molecule has 1 aromatic rings. The minimum Gasteiger partial charge on any atom is -0.389 e. The highest BCUT2D eigenvalue weighted by Gasteiger charge is 2.23. The summed E-state index contributed by atoms with van der Waals surface area (Å²) in [6.07, 6.45) is 2.74. The molecule has 1 fully saturated rings. The van der Waals surface area contributed by atoms with Crippen LogP contribution in [0.1, 0.15) is 18.4 Å². The molecule has 0 aliphatic heterocycles. The van der Waals surface area contributed by atoms with E-state index < -0.39 is 0 Å². The zero-order valence-electron chi connectivity index (χ0n) is 9.24. The van der Waals surface area contributed by atoms with Crippen molar-refractivity contribution in [2.75, 3.05) is 18.5 Å². The van der Waals surface area contributed by atoms with Gasteiger partial charge >= 0.3 is 0 Å². The molecule has 1 saturated carbocycles. The van der Waals surface area contributed by atoms with Crippen molar-refractivity contribution in [1.82, 2.24) is 0 Å². The van der Waals surface area contributed by atoms with Gasteiger partial charge in [-0.15, -0.1) is 0 Å². The normalized spacial score (nSPS) is 14.9. The van der Waals surface area contributed by atoms with Crippen LogP contribution in [-0.2, 0) is 0 Å². The Balaban J connectivity index is 2.15. The number of nitrogens with zero attached hydrogens (tertiary/aromatic N) is 1. The molecule has 2 N–H and O–H groups in total. The third-order valence-corrected chi connectivity index (χ3v) is 3.76. The van der Waals surface area contributed by atoms with Crippen molar-refractivity contribution in [3.63, 3.8) is 0 Å². The van der Waals surface area contributed by atoms with E-state index in [1.165, 1.54) is 18.5 Å². The molecular formula is C12H15BrN2S. The Morgan fingerprint density at radius 2 is 2.25 bits per heavy atom. The Labute approximate surface area is 110 Å². The minimum atomic E-state index is 0.434. The van der Waals surface area contributed by atoms with E-state index in [4.69, 9.17) is 18.0 Å². The number of hydrogen-bond donors (Lipinski definition) is 1. The Kier molecular flexibility index (Phi) is 3.50. The number of hydrogen-bond acceptors (Lipinski definition) is 2. The number of anilines is 1. The van der Waals surface area contributed by atoms with E-state index in [1.807, 2.05) is 6.07 Å². The van der Waals surface area contributed by atoms with Gasteiger partial charge in [0.05, 0.1) is 0 Å². The summed E-state index contributed by atoms with van der Waals surface area (Å²) >= 11 is 8.48. The van der Waals surface area contributed by atoms with E-state index >= 15 is 0 Å². The second-order valence-corrected chi connectivity index (χ2v) is 5.65. The quantitative estimate of drug-likeness (QED) is 0.867. The van der Waals surface area contributed by atoms with Crippen LogP contribution in [0.4, 0.5) is 5.69 Å². The average molecular weight is 299 g/mol. The molecule has 0 unspecified atom stereocenters. The van der Waals surface area contributed by atoms with Gasteiger partial charge in [-0.2, -0.15) is 0 Å². The van der Waals surface area contributed by atoms with Gasteiger partial charge in [0.15, 0.2) is 0 Å². The maximum absolute atomic E-state index is 5.62. The molecule has 0 radical (unpaired) electrons. The van der Waals surface area contributed by atoms with Crippen molar-refractivity contribution >= 4 is 38.8 Å². The van der Waals surface area contributed by atoms with Crippen LogP contribution in [0.25, 0.3) is 0 Å². The third kappa shape index (κ3) is 2.74. The molecule has 0 saturated heterocycles. The Morgan fingerprint density at radius 3 is 2.75 bits per heavy atom. The Bertz CT molecular complexity index is 415. The summed E-state index contributed by atoms with van der Waals surface area (Å²) in [6, 6.07) is 6.13. The van der Waals surface area contributed by atoms with Gasteiger partial charge in [-0.05, 0) is 52.9 Å². The standard InChI is InChI=1S/C12H15BrN2S/c1-15(7-8-2-3-8)9-4-5-10(12(14)16)11(13)6-9/h4-6,8H,2-3,7H2,1H3,(H2,14,16). The second kappa shape index (κ2) is 4.72. The van der Waals surface area contributed by atoms with Gasteiger partial charge in [0.2, 0.25) is 0 Å². The molecule has 16 heavy (non-hydrogen) atoms. The maximum atomic E-state index is 5.62. The third-order valence-electron chi connectivity index (χ3n) is 2.89. The lowest BCUT2D eigenvalue weighted by Crippen LogP contribution is -2.20. The smallest absolute Gasteiger partial charge is 0.105 e. The largest absolute Gasteiger partial charge is 0.389 e. The summed E-state index contributed by atoms with van der Waals surface area (Å²) < 4.78 is 0.972. The fourth-order valence-corrected chi connectivity index (χ4v) is 2.62. The van der Waals surface area contributed by atoms with Crippen LogP contribution < -0.4 is 10.6 Å². The summed E-state index contributed by atoms with van der Waals surface area (Å²) in [5.74, 6) is 0.888. The van der Waals surface area contributed by atoms with Gasteiger partial charge in [-0.3, -0.25) is 0 Å². The zero-order chi connectivity index (χ0) is 11.7. The second-order valence-electron chi connectivity index (χ2n) is 4.35. The van der Waals surface area contributed by atoms with Crippen LogP contribution in [0.3, 0.4) is 0 Å². The lowest BCUT2D eigenvalue weighted by molar-refractivity contribution is 0.787.